The fourth-order valence-electron chi connectivity index (χ4n) is 4.29. The second kappa shape index (κ2) is 8.47. The molecule has 182 valence electrons. The van der Waals surface area contributed by atoms with Crippen LogP contribution in [0.25, 0.3) is 5.52 Å². The van der Waals surface area contributed by atoms with Crippen molar-refractivity contribution in [3.63, 3.8) is 0 Å². The van der Waals surface area contributed by atoms with E-state index in [-0.39, 0.29) is 6.04 Å². The van der Waals surface area contributed by atoms with Crippen LogP contribution < -0.4 is 15.7 Å². The summed E-state index contributed by atoms with van der Waals surface area (Å²) in [5, 5.41) is 17.1. The summed E-state index contributed by atoms with van der Waals surface area (Å²) in [6.45, 7) is 15.1. The summed E-state index contributed by atoms with van der Waals surface area (Å²) >= 11 is 0. The van der Waals surface area contributed by atoms with Crippen molar-refractivity contribution in [3.8, 4) is 6.07 Å². The third-order valence-corrected chi connectivity index (χ3v) is 6.82. The van der Waals surface area contributed by atoms with Crippen LogP contribution >= 0.6 is 0 Å². The zero-order valence-electron chi connectivity index (χ0n) is 21.1. The van der Waals surface area contributed by atoms with Crippen LogP contribution in [-0.2, 0) is 14.0 Å². The van der Waals surface area contributed by atoms with Crippen LogP contribution in [0.3, 0.4) is 0 Å². The molecule has 2 aliphatic rings. The summed E-state index contributed by atoms with van der Waals surface area (Å²) < 4.78 is 19.7. The highest BCUT2D eigenvalue weighted by Crippen LogP contribution is 2.37. The summed E-state index contributed by atoms with van der Waals surface area (Å²) in [6, 6.07) is 4.33. The Morgan fingerprint density at radius 1 is 1.24 bits per heavy atom. The van der Waals surface area contributed by atoms with Crippen LogP contribution in [0.4, 0.5) is 10.5 Å². The molecule has 0 spiro atoms. The number of pyridine rings is 1. The van der Waals surface area contributed by atoms with Crippen molar-refractivity contribution in [3.05, 3.63) is 24.0 Å². The number of hydrogen-bond donors (Lipinski definition) is 1. The Hall–Kier alpha value is -2.77. The Kier molecular flexibility index (Phi) is 6.07. The number of nitrogens with one attached hydrogen (secondary N) is 1. The zero-order valence-corrected chi connectivity index (χ0v) is 21.1. The Labute approximate surface area is 201 Å². The maximum absolute atomic E-state index is 12.2. The van der Waals surface area contributed by atoms with Gasteiger partial charge in [-0.3, -0.25) is 0 Å². The second-order valence-corrected chi connectivity index (χ2v) is 11.1. The smallest absolute Gasteiger partial charge is 0.444 e. The first-order valence-corrected chi connectivity index (χ1v) is 11.8. The Morgan fingerprint density at radius 3 is 2.41 bits per heavy atom. The molecular weight excluding hydrogens is 433 g/mol. The predicted octanol–water partition coefficient (Wildman–Crippen LogP) is 3.00. The van der Waals surface area contributed by atoms with E-state index in [0.717, 1.165) is 42.6 Å². The lowest BCUT2D eigenvalue weighted by atomic mass is 9.80. The molecule has 0 bridgehead atoms. The summed E-state index contributed by atoms with van der Waals surface area (Å²) in [5.74, 6) is 0. The Bertz CT molecular complexity index is 1110. The first kappa shape index (κ1) is 24.4. The average molecular weight is 467 g/mol. The molecule has 0 saturated carbocycles. The molecule has 2 saturated heterocycles. The number of fused-ring (bicyclic) bond motifs is 1. The number of ether oxygens (including phenoxy) is 1. The topological polar surface area (TPSA) is 101 Å². The lowest BCUT2D eigenvalue weighted by Crippen LogP contribution is -2.46. The van der Waals surface area contributed by atoms with Gasteiger partial charge in [-0.1, -0.05) is 0 Å². The summed E-state index contributed by atoms with van der Waals surface area (Å²) in [4.78, 5) is 14.4. The molecule has 0 radical (unpaired) electrons. The van der Waals surface area contributed by atoms with Crippen LogP contribution in [0.1, 0.15) is 66.9 Å². The van der Waals surface area contributed by atoms with E-state index >= 15 is 0 Å². The highest BCUT2D eigenvalue weighted by atomic mass is 16.7. The molecule has 0 aromatic carbocycles. The number of anilines is 1. The number of alkyl carbamates (subject to hydrolysis) is 1. The number of nitrogens with zero attached hydrogens (tertiary/aromatic N) is 4. The molecule has 4 heterocycles. The van der Waals surface area contributed by atoms with Gasteiger partial charge in [-0.05, 0) is 67.4 Å². The van der Waals surface area contributed by atoms with Gasteiger partial charge in [0.05, 0.1) is 28.6 Å². The molecule has 1 amide bonds. The number of hydrogen-bond acceptors (Lipinski definition) is 7. The number of aromatic nitrogens is 2. The van der Waals surface area contributed by atoms with Crippen LogP contribution in [-0.4, -0.2) is 58.8 Å². The summed E-state index contributed by atoms with van der Waals surface area (Å²) in [5.41, 5.74) is 1.60. The van der Waals surface area contributed by atoms with E-state index in [4.69, 9.17) is 14.0 Å². The molecule has 2 aromatic rings. The fourth-order valence-corrected chi connectivity index (χ4v) is 4.29. The molecular formula is C24H34BN5O4. The van der Waals surface area contributed by atoms with Gasteiger partial charge in [0.25, 0.3) is 0 Å². The van der Waals surface area contributed by atoms with Gasteiger partial charge < -0.3 is 24.3 Å². The van der Waals surface area contributed by atoms with Crippen molar-refractivity contribution in [2.45, 2.75) is 84.2 Å². The number of carbonyl (C=O) groups is 1. The van der Waals surface area contributed by atoms with Gasteiger partial charge >= 0.3 is 13.2 Å². The Balaban J connectivity index is 1.57. The maximum Gasteiger partial charge on any atom is 0.496 e. The van der Waals surface area contributed by atoms with Crippen LogP contribution in [0.15, 0.2) is 18.5 Å². The molecule has 9 nitrogen and oxygen atoms in total. The monoisotopic (exact) mass is 467 g/mol. The predicted molar refractivity (Wildman–Crippen MR) is 130 cm³/mol. The molecule has 2 aliphatic heterocycles. The third-order valence-electron chi connectivity index (χ3n) is 6.82. The molecule has 0 atom stereocenters. The van der Waals surface area contributed by atoms with Crippen molar-refractivity contribution < 1.29 is 18.8 Å². The summed E-state index contributed by atoms with van der Waals surface area (Å²) in [6.07, 6.45) is 4.60. The van der Waals surface area contributed by atoms with Gasteiger partial charge in [-0.15, -0.1) is 0 Å². The van der Waals surface area contributed by atoms with Crippen LogP contribution in [0.5, 0.6) is 0 Å². The Morgan fingerprint density at radius 2 is 1.85 bits per heavy atom. The maximum atomic E-state index is 12.2. The van der Waals surface area contributed by atoms with E-state index < -0.39 is 30.0 Å². The minimum Gasteiger partial charge on any atom is -0.444 e. The normalized spacial score (nSPS) is 20.4. The van der Waals surface area contributed by atoms with E-state index in [1.807, 2.05) is 60.7 Å². The van der Waals surface area contributed by atoms with Gasteiger partial charge in [-0.25, -0.2) is 9.31 Å². The van der Waals surface area contributed by atoms with Gasteiger partial charge in [0, 0.05) is 30.8 Å². The number of amides is 1. The average Bonchev–Trinajstić information content (AvgIpc) is 3.23. The van der Waals surface area contributed by atoms with Crippen molar-refractivity contribution in [1.29, 1.82) is 5.26 Å². The van der Waals surface area contributed by atoms with E-state index in [0.29, 0.717) is 5.56 Å². The SMILES string of the molecule is CC(C)(C)OC(=O)NC1CCN(c2cc(B3OC(C)(C)C(C)(C)O3)cn3ncc(C#N)c23)CC1. The lowest BCUT2D eigenvalue weighted by Gasteiger charge is -2.35. The molecule has 2 fully saturated rings. The molecule has 4 rings (SSSR count). The molecule has 0 aliphatic carbocycles. The highest BCUT2D eigenvalue weighted by molar-refractivity contribution is 6.62. The summed E-state index contributed by atoms with van der Waals surface area (Å²) in [7, 11) is -0.533. The van der Waals surface area contributed by atoms with Crippen molar-refractivity contribution in [2.75, 3.05) is 18.0 Å². The first-order valence-electron chi connectivity index (χ1n) is 11.8. The minimum atomic E-state index is -0.533. The second-order valence-electron chi connectivity index (χ2n) is 11.1. The number of carbonyl (C=O) groups excluding carboxylic acids is 1. The molecule has 10 heteroatoms. The number of nitriles is 1. The molecule has 1 N–H and O–H groups in total. The van der Waals surface area contributed by atoms with E-state index in [1.54, 1.807) is 10.7 Å². The minimum absolute atomic E-state index is 0.0359. The van der Waals surface area contributed by atoms with E-state index in [2.05, 4.69) is 21.4 Å². The highest BCUT2D eigenvalue weighted by Gasteiger charge is 2.52. The van der Waals surface area contributed by atoms with Gasteiger partial charge in [-0.2, -0.15) is 10.4 Å². The van der Waals surface area contributed by atoms with E-state index in [1.165, 1.54) is 0 Å². The van der Waals surface area contributed by atoms with Crippen molar-refractivity contribution in [1.82, 2.24) is 14.9 Å². The van der Waals surface area contributed by atoms with Gasteiger partial charge in [0.2, 0.25) is 0 Å². The lowest BCUT2D eigenvalue weighted by molar-refractivity contribution is 0.00578. The van der Waals surface area contributed by atoms with Crippen LogP contribution in [0, 0.1) is 11.3 Å². The van der Waals surface area contributed by atoms with Gasteiger partial charge in [0.15, 0.2) is 0 Å². The fraction of sp³-hybridized carbons (Fsp3) is 0.625. The molecule has 34 heavy (non-hydrogen) atoms. The molecule has 0 unspecified atom stereocenters. The van der Waals surface area contributed by atoms with Crippen LogP contribution in [0.2, 0.25) is 0 Å². The number of piperidine rings is 1. The standard InChI is InChI=1S/C24H34BN5O4/c1-22(2,3)32-21(31)28-18-8-10-29(11-9-18)19-12-17(15-30-20(19)16(13-26)14-27-30)25-33-23(4,5)24(6,7)34-25/h12,14-15,18H,8-11H2,1-7H3,(H,28,31). The zero-order chi connectivity index (χ0) is 24.9. The largest absolute Gasteiger partial charge is 0.496 e. The van der Waals surface area contributed by atoms with E-state index in [9.17, 15) is 10.1 Å². The first-order chi connectivity index (χ1) is 15.8. The quantitative estimate of drug-likeness (QED) is 0.693. The third kappa shape index (κ3) is 4.72. The van der Waals surface area contributed by atoms with Crippen molar-refractivity contribution >= 4 is 29.9 Å². The number of rotatable bonds is 3. The van der Waals surface area contributed by atoms with Crippen molar-refractivity contribution in [2.24, 2.45) is 0 Å². The van der Waals surface area contributed by atoms with Gasteiger partial charge in [0.1, 0.15) is 17.2 Å². The molecule has 2 aromatic heterocycles.